The second kappa shape index (κ2) is 9.79. The molecule has 5 nitrogen and oxygen atoms in total. The lowest BCUT2D eigenvalue weighted by Crippen LogP contribution is -2.48. The molecule has 0 radical (unpaired) electrons. The van der Waals surface area contributed by atoms with E-state index in [9.17, 15) is 9.59 Å². The Bertz CT molecular complexity index is 1120. The summed E-state index contributed by atoms with van der Waals surface area (Å²) < 4.78 is 5.20. The van der Waals surface area contributed by atoms with Gasteiger partial charge < -0.3 is 14.5 Å². The largest absolute Gasteiger partial charge is 0.497 e. The maximum absolute atomic E-state index is 13.6. The quantitative estimate of drug-likeness (QED) is 0.513. The number of methoxy groups -OCH3 is 1. The van der Waals surface area contributed by atoms with Crippen LogP contribution in [0.1, 0.15) is 51.8 Å². The molecule has 0 N–H and O–H groups in total. The van der Waals surface area contributed by atoms with Gasteiger partial charge in [-0.3, -0.25) is 9.59 Å². The lowest BCUT2D eigenvalue weighted by atomic mass is 9.92. The van der Waals surface area contributed by atoms with E-state index < -0.39 is 0 Å². The Morgan fingerprint density at radius 1 is 1.09 bits per heavy atom. The number of hydrogen-bond acceptors (Lipinski definition) is 4. The first kappa shape index (κ1) is 23.1. The van der Waals surface area contributed by atoms with Gasteiger partial charge in [0.15, 0.2) is 0 Å². The zero-order chi connectivity index (χ0) is 23.5. The first-order valence-corrected chi connectivity index (χ1v) is 12.1. The van der Waals surface area contributed by atoms with Gasteiger partial charge in [-0.25, -0.2) is 0 Å². The van der Waals surface area contributed by atoms with E-state index in [1.54, 1.807) is 47.6 Å². The highest BCUT2D eigenvalue weighted by atomic mass is 32.1. The molecule has 172 valence electrons. The van der Waals surface area contributed by atoms with Crippen LogP contribution in [0.5, 0.6) is 5.75 Å². The molecule has 2 heterocycles. The number of amides is 2. The Labute approximate surface area is 199 Å². The number of ether oxygens (including phenoxy) is 1. The molecule has 1 atom stereocenters. The fraction of sp³-hybridized carbons (Fsp3) is 0.333. The predicted octanol–water partition coefficient (Wildman–Crippen LogP) is 5.09. The minimum atomic E-state index is -0.152. The Hall–Kier alpha value is -3.12. The molecule has 1 aliphatic heterocycles. The SMILES string of the molecule is COc1ccc(C(=O)N(CC(=O)N2CCc3sccc3C2c2ccc(C)cc2)C(C)C)cc1. The molecule has 1 aromatic heterocycles. The van der Waals surface area contributed by atoms with E-state index in [-0.39, 0.29) is 30.4 Å². The van der Waals surface area contributed by atoms with Crippen LogP contribution in [0.4, 0.5) is 0 Å². The van der Waals surface area contributed by atoms with Crippen molar-refractivity contribution in [3.05, 3.63) is 87.1 Å². The van der Waals surface area contributed by atoms with E-state index >= 15 is 0 Å². The van der Waals surface area contributed by atoms with Gasteiger partial charge in [-0.05, 0) is 74.0 Å². The third-order valence-corrected chi connectivity index (χ3v) is 7.20. The summed E-state index contributed by atoms with van der Waals surface area (Å²) in [5, 5.41) is 2.10. The summed E-state index contributed by atoms with van der Waals surface area (Å²) in [6.45, 7) is 6.64. The summed E-state index contributed by atoms with van der Waals surface area (Å²) in [4.78, 5) is 31.8. The molecule has 1 aliphatic rings. The third kappa shape index (κ3) is 4.81. The molecule has 0 spiro atoms. The van der Waals surface area contributed by atoms with Gasteiger partial charge in [-0.2, -0.15) is 0 Å². The Morgan fingerprint density at radius 3 is 2.42 bits per heavy atom. The molecule has 6 heteroatoms. The number of rotatable bonds is 6. The molecule has 33 heavy (non-hydrogen) atoms. The van der Waals surface area contributed by atoms with E-state index in [1.165, 1.54) is 16.0 Å². The second-order valence-corrected chi connectivity index (χ2v) is 9.71. The average molecular weight is 463 g/mol. The molecule has 4 rings (SSSR count). The van der Waals surface area contributed by atoms with Crippen molar-refractivity contribution in [3.63, 3.8) is 0 Å². The van der Waals surface area contributed by atoms with Crippen LogP contribution in [-0.4, -0.2) is 47.9 Å². The maximum Gasteiger partial charge on any atom is 0.254 e. The highest BCUT2D eigenvalue weighted by Gasteiger charge is 2.34. The molecular formula is C27H30N2O3S. The standard InChI is InChI=1S/C27H30N2O3S/c1-18(2)29(27(31)21-9-11-22(32-4)12-10-21)17-25(30)28-15-13-24-23(14-16-33-24)26(28)20-7-5-19(3)6-8-20/h5-12,14,16,18,26H,13,15,17H2,1-4H3. The number of carbonyl (C=O) groups excluding carboxylic acids is 2. The number of fused-ring (bicyclic) bond motifs is 1. The van der Waals surface area contributed by atoms with E-state index in [2.05, 4.69) is 42.6 Å². The minimum absolute atomic E-state index is 0.0343. The normalized spacial score (nSPS) is 15.3. The highest BCUT2D eigenvalue weighted by molar-refractivity contribution is 7.10. The van der Waals surface area contributed by atoms with Crippen LogP contribution in [0.25, 0.3) is 0 Å². The van der Waals surface area contributed by atoms with Gasteiger partial charge in [0.1, 0.15) is 12.3 Å². The van der Waals surface area contributed by atoms with Gasteiger partial charge in [-0.15, -0.1) is 11.3 Å². The first-order chi connectivity index (χ1) is 15.9. The van der Waals surface area contributed by atoms with E-state index in [0.717, 1.165) is 12.0 Å². The molecule has 0 saturated heterocycles. The second-order valence-electron chi connectivity index (χ2n) is 8.70. The van der Waals surface area contributed by atoms with Crippen molar-refractivity contribution in [3.8, 4) is 5.75 Å². The Kier molecular flexibility index (Phi) is 6.84. The van der Waals surface area contributed by atoms with E-state index in [0.29, 0.717) is 17.9 Å². The lowest BCUT2D eigenvalue weighted by Gasteiger charge is -2.38. The number of carbonyl (C=O) groups is 2. The lowest BCUT2D eigenvalue weighted by molar-refractivity contribution is -0.134. The summed E-state index contributed by atoms with van der Waals surface area (Å²) in [6, 6.07) is 17.3. The fourth-order valence-electron chi connectivity index (χ4n) is 4.32. The molecule has 0 saturated carbocycles. The van der Waals surface area contributed by atoms with E-state index in [1.807, 2.05) is 18.7 Å². The zero-order valence-electron chi connectivity index (χ0n) is 19.6. The number of hydrogen-bond donors (Lipinski definition) is 0. The van der Waals surface area contributed by atoms with Crippen LogP contribution in [-0.2, 0) is 11.2 Å². The van der Waals surface area contributed by atoms with Crippen LogP contribution in [0.2, 0.25) is 0 Å². The smallest absolute Gasteiger partial charge is 0.254 e. The van der Waals surface area contributed by atoms with Crippen molar-refractivity contribution in [2.75, 3.05) is 20.2 Å². The van der Waals surface area contributed by atoms with Crippen molar-refractivity contribution >= 4 is 23.2 Å². The summed E-state index contributed by atoms with van der Waals surface area (Å²) in [7, 11) is 1.60. The highest BCUT2D eigenvalue weighted by Crippen LogP contribution is 2.38. The Morgan fingerprint density at radius 2 is 1.79 bits per heavy atom. The van der Waals surface area contributed by atoms with Crippen molar-refractivity contribution in [2.45, 2.75) is 39.3 Å². The van der Waals surface area contributed by atoms with Crippen molar-refractivity contribution in [2.24, 2.45) is 0 Å². The summed E-state index contributed by atoms with van der Waals surface area (Å²) >= 11 is 1.75. The summed E-state index contributed by atoms with van der Waals surface area (Å²) in [5.74, 6) is 0.508. The van der Waals surface area contributed by atoms with Gasteiger partial charge in [0.2, 0.25) is 5.91 Å². The van der Waals surface area contributed by atoms with Gasteiger partial charge in [0.25, 0.3) is 5.91 Å². The van der Waals surface area contributed by atoms with Crippen LogP contribution >= 0.6 is 11.3 Å². The monoisotopic (exact) mass is 462 g/mol. The van der Waals surface area contributed by atoms with Crippen LogP contribution in [0.3, 0.4) is 0 Å². The minimum Gasteiger partial charge on any atom is -0.497 e. The summed E-state index contributed by atoms with van der Waals surface area (Å²) in [6.07, 6.45) is 0.842. The molecule has 2 aromatic carbocycles. The van der Waals surface area contributed by atoms with Gasteiger partial charge in [0, 0.05) is 23.0 Å². The van der Waals surface area contributed by atoms with Crippen LogP contribution in [0, 0.1) is 6.92 Å². The van der Waals surface area contributed by atoms with E-state index in [4.69, 9.17) is 4.74 Å². The average Bonchev–Trinajstić information content (AvgIpc) is 3.31. The van der Waals surface area contributed by atoms with Crippen LogP contribution < -0.4 is 4.74 Å². The topological polar surface area (TPSA) is 49.9 Å². The number of thiophene rings is 1. The molecule has 2 amide bonds. The molecule has 1 unspecified atom stereocenters. The van der Waals surface area contributed by atoms with Gasteiger partial charge >= 0.3 is 0 Å². The van der Waals surface area contributed by atoms with Crippen molar-refractivity contribution in [1.29, 1.82) is 0 Å². The maximum atomic E-state index is 13.6. The number of aryl methyl sites for hydroxylation is 1. The third-order valence-electron chi connectivity index (χ3n) is 6.21. The fourth-order valence-corrected chi connectivity index (χ4v) is 5.22. The number of benzene rings is 2. The van der Waals surface area contributed by atoms with Crippen LogP contribution in [0.15, 0.2) is 60.0 Å². The predicted molar refractivity (Wildman–Crippen MR) is 132 cm³/mol. The molecule has 0 bridgehead atoms. The molecule has 3 aromatic rings. The van der Waals surface area contributed by atoms with Crippen molar-refractivity contribution < 1.29 is 14.3 Å². The molecule has 0 aliphatic carbocycles. The van der Waals surface area contributed by atoms with Gasteiger partial charge in [-0.1, -0.05) is 29.8 Å². The Balaban J connectivity index is 1.60. The number of nitrogens with zero attached hydrogens (tertiary/aromatic N) is 2. The zero-order valence-corrected chi connectivity index (χ0v) is 20.4. The molecular weight excluding hydrogens is 432 g/mol. The van der Waals surface area contributed by atoms with Gasteiger partial charge in [0.05, 0.1) is 13.2 Å². The summed E-state index contributed by atoms with van der Waals surface area (Å²) in [5.41, 5.74) is 4.03. The van der Waals surface area contributed by atoms with Crippen molar-refractivity contribution in [1.82, 2.24) is 9.80 Å². The first-order valence-electron chi connectivity index (χ1n) is 11.3. The molecule has 0 fully saturated rings.